The summed E-state index contributed by atoms with van der Waals surface area (Å²) in [4.78, 5) is 11.3. The van der Waals surface area contributed by atoms with Gasteiger partial charge in [0, 0.05) is 0 Å². The fraction of sp³-hybridized carbons (Fsp3) is 0.222. The van der Waals surface area contributed by atoms with E-state index in [1.807, 2.05) is 0 Å². The van der Waals surface area contributed by atoms with Crippen molar-refractivity contribution in [2.45, 2.75) is 5.37 Å². The lowest BCUT2D eigenvalue weighted by molar-refractivity contribution is 0.0503. The second-order valence-electron chi connectivity index (χ2n) is 3.02. The maximum Gasteiger partial charge on any atom is 0.338 e. The summed E-state index contributed by atoms with van der Waals surface area (Å²) in [6.07, 6.45) is 0. The molecule has 88 valence electrons. The van der Waals surface area contributed by atoms with Gasteiger partial charge < -0.3 is 10.5 Å². The van der Waals surface area contributed by atoms with Crippen molar-refractivity contribution in [2.24, 2.45) is 5.73 Å². The van der Waals surface area contributed by atoms with Crippen LogP contribution >= 0.6 is 0 Å². The van der Waals surface area contributed by atoms with E-state index in [9.17, 15) is 13.2 Å². The van der Waals surface area contributed by atoms with Gasteiger partial charge in [0.25, 0.3) is 10.1 Å². The molecular formula is C9H11NO5S. The molecule has 1 rings (SSSR count). The first kappa shape index (κ1) is 12.6. The van der Waals surface area contributed by atoms with E-state index in [0.717, 1.165) is 0 Å². The molecule has 0 saturated heterocycles. The largest absolute Gasteiger partial charge is 0.459 e. The molecule has 0 amide bonds. The minimum Gasteiger partial charge on any atom is -0.459 e. The number of carbonyl (C=O) groups excluding carboxylic acids is 1. The Bertz CT molecular complexity index is 456. The monoisotopic (exact) mass is 245 g/mol. The number of carbonyl (C=O) groups is 1. The third kappa shape index (κ3) is 3.61. The predicted octanol–water partition coefficient (Wildman–Crippen LogP) is 0.0160. The number of hydrogen-bond acceptors (Lipinski definition) is 5. The van der Waals surface area contributed by atoms with Crippen LogP contribution in [0.2, 0.25) is 0 Å². The summed E-state index contributed by atoms with van der Waals surface area (Å²) in [5.41, 5.74) is 5.34. The van der Waals surface area contributed by atoms with E-state index in [1.54, 1.807) is 18.2 Å². The molecular weight excluding hydrogens is 234 g/mol. The Morgan fingerprint density at radius 3 is 2.44 bits per heavy atom. The van der Waals surface area contributed by atoms with Crippen LogP contribution in [0.4, 0.5) is 0 Å². The van der Waals surface area contributed by atoms with Crippen LogP contribution in [0, 0.1) is 0 Å². The van der Waals surface area contributed by atoms with E-state index in [1.165, 1.54) is 12.1 Å². The van der Waals surface area contributed by atoms with Gasteiger partial charge in [-0.3, -0.25) is 4.55 Å². The van der Waals surface area contributed by atoms with Crippen molar-refractivity contribution in [2.75, 3.05) is 6.61 Å². The van der Waals surface area contributed by atoms with E-state index in [2.05, 4.69) is 4.74 Å². The first-order valence-corrected chi connectivity index (χ1v) is 5.85. The Morgan fingerprint density at radius 1 is 1.38 bits per heavy atom. The molecule has 7 heteroatoms. The molecule has 0 saturated carbocycles. The zero-order valence-corrected chi connectivity index (χ0v) is 9.05. The molecule has 1 aromatic carbocycles. The summed E-state index contributed by atoms with van der Waals surface area (Å²) < 4.78 is 34.2. The van der Waals surface area contributed by atoms with Crippen LogP contribution in [-0.4, -0.2) is 30.9 Å². The second kappa shape index (κ2) is 5.06. The summed E-state index contributed by atoms with van der Waals surface area (Å²) in [6.45, 7) is -0.591. The molecule has 0 radical (unpaired) electrons. The van der Waals surface area contributed by atoms with Gasteiger partial charge in [0.2, 0.25) is 0 Å². The van der Waals surface area contributed by atoms with Gasteiger partial charge in [0.1, 0.15) is 6.61 Å². The summed E-state index contributed by atoms with van der Waals surface area (Å²) in [5, 5.41) is -1.62. The topological polar surface area (TPSA) is 107 Å². The van der Waals surface area contributed by atoms with Crippen molar-refractivity contribution in [1.29, 1.82) is 0 Å². The van der Waals surface area contributed by atoms with Crippen molar-refractivity contribution < 1.29 is 22.5 Å². The number of nitrogens with two attached hydrogens (primary N) is 1. The fourth-order valence-electron chi connectivity index (χ4n) is 0.901. The van der Waals surface area contributed by atoms with Gasteiger partial charge in [0.05, 0.1) is 5.56 Å². The van der Waals surface area contributed by atoms with Gasteiger partial charge >= 0.3 is 5.97 Å². The van der Waals surface area contributed by atoms with Gasteiger partial charge in [-0.25, -0.2) is 4.79 Å². The lowest BCUT2D eigenvalue weighted by Crippen LogP contribution is -2.35. The maximum absolute atomic E-state index is 11.3. The van der Waals surface area contributed by atoms with Crippen LogP contribution in [-0.2, 0) is 14.9 Å². The van der Waals surface area contributed by atoms with Crippen molar-refractivity contribution in [1.82, 2.24) is 0 Å². The molecule has 1 unspecified atom stereocenters. The van der Waals surface area contributed by atoms with Gasteiger partial charge in [-0.1, -0.05) is 18.2 Å². The molecule has 0 heterocycles. The molecule has 0 aliphatic heterocycles. The Kier molecular flexibility index (Phi) is 3.99. The lowest BCUT2D eigenvalue weighted by atomic mass is 10.2. The van der Waals surface area contributed by atoms with Crippen LogP contribution in [0.1, 0.15) is 10.4 Å². The summed E-state index contributed by atoms with van der Waals surface area (Å²) in [5.74, 6) is -0.695. The van der Waals surface area contributed by atoms with Gasteiger partial charge in [-0.2, -0.15) is 8.42 Å². The summed E-state index contributed by atoms with van der Waals surface area (Å²) in [6, 6.07) is 8.03. The predicted molar refractivity (Wildman–Crippen MR) is 56.2 cm³/mol. The van der Waals surface area contributed by atoms with Crippen molar-refractivity contribution in [3.05, 3.63) is 35.9 Å². The Hall–Kier alpha value is -1.44. The standard InChI is InChI=1S/C9H11NO5S/c10-8(16(12,13)14)6-15-9(11)7-4-2-1-3-5-7/h1-5,8H,6,10H2,(H,12,13,14). The van der Waals surface area contributed by atoms with E-state index >= 15 is 0 Å². The van der Waals surface area contributed by atoms with E-state index in [0.29, 0.717) is 0 Å². The number of hydrogen-bond donors (Lipinski definition) is 2. The molecule has 3 N–H and O–H groups in total. The molecule has 0 aliphatic carbocycles. The first-order valence-electron chi connectivity index (χ1n) is 4.35. The third-order valence-corrected chi connectivity index (χ3v) is 2.67. The van der Waals surface area contributed by atoms with Crippen molar-refractivity contribution >= 4 is 16.1 Å². The fourth-order valence-corrected chi connectivity index (χ4v) is 1.14. The minimum absolute atomic E-state index is 0.282. The smallest absolute Gasteiger partial charge is 0.338 e. The average Bonchev–Trinajstić information content (AvgIpc) is 2.25. The molecule has 6 nitrogen and oxygen atoms in total. The molecule has 0 fully saturated rings. The zero-order chi connectivity index (χ0) is 12.2. The Labute approximate surface area is 92.8 Å². The first-order chi connectivity index (χ1) is 7.41. The highest BCUT2D eigenvalue weighted by Gasteiger charge is 2.20. The molecule has 0 bridgehead atoms. The molecule has 0 spiro atoms. The van der Waals surface area contributed by atoms with Crippen LogP contribution in [0.25, 0.3) is 0 Å². The molecule has 1 aromatic rings. The van der Waals surface area contributed by atoms with Gasteiger partial charge in [0.15, 0.2) is 5.37 Å². The maximum atomic E-state index is 11.3. The van der Waals surface area contributed by atoms with E-state index < -0.39 is 28.1 Å². The Balaban J connectivity index is 2.55. The second-order valence-corrected chi connectivity index (χ2v) is 4.65. The molecule has 0 aromatic heterocycles. The highest BCUT2D eigenvalue weighted by Crippen LogP contribution is 2.02. The van der Waals surface area contributed by atoms with E-state index in [4.69, 9.17) is 10.3 Å². The normalized spacial score (nSPS) is 13.1. The van der Waals surface area contributed by atoms with Crippen LogP contribution in [0.15, 0.2) is 30.3 Å². The van der Waals surface area contributed by atoms with Crippen LogP contribution in [0.3, 0.4) is 0 Å². The minimum atomic E-state index is -4.38. The third-order valence-electron chi connectivity index (χ3n) is 1.77. The van der Waals surface area contributed by atoms with Crippen LogP contribution < -0.4 is 5.73 Å². The number of ether oxygens (including phenoxy) is 1. The van der Waals surface area contributed by atoms with Crippen molar-refractivity contribution in [3.8, 4) is 0 Å². The summed E-state index contributed by atoms with van der Waals surface area (Å²) >= 11 is 0. The highest BCUT2D eigenvalue weighted by molar-refractivity contribution is 7.86. The Morgan fingerprint density at radius 2 is 1.94 bits per heavy atom. The quantitative estimate of drug-likeness (QED) is 0.572. The number of esters is 1. The molecule has 0 aliphatic rings. The van der Waals surface area contributed by atoms with Gasteiger partial charge in [-0.05, 0) is 12.1 Å². The van der Waals surface area contributed by atoms with Gasteiger partial charge in [-0.15, -0.1) is 0 Å². The van der Waals surface area contributed by atoms with Crippen molar-refractivity contribution in [3.63, 3.8) is 0 Å². The SMILES string of the molecule is NC(COC(=O)c1ccccc1)S(=O)(=O)O. The highest BCUT2D eigenvalue weighted by atomic mass is 32.2. The number of benzene rings is 1. The lowest BCUT2D eigenvalue weighted by Gasteiger charge is -2.08. The zero-order valence-electron chi connectivity index (χ0n) is 8.24. The number of rotatable bonds is 4. The van der Waals surface area contributed by atoms with Crippen LogP contribution in [0.5, 0.6) is 0 Å². The van der Waals surface area contributed by atoms with E-state index in [-0.39, 0.29) is 5.56 Å². The molecule has 1 atom stereocenters. The summed E-state index contributed by atoms with van der Waals surface area (Å²) in [7, 11) is -4.38. The average molecular weight is 245 g/mol. The molecule has 16 heavy (non-hydrogen) atoms.